The molecule has 28 heavy (non-hydrogen) atoms. The number of rotatable bonds is 6. The molecule has 3 aromatic rings. The van der Waals surface area contributed by atoms with Crippen LogP contribution < -0.4 is 5.32 Å². The van der Waals surface area contributed by atoms with Crippen molar-refractivity contribution >= 4 is 39.1 Å². The van der Waals surface area contributed by atoms with E-state index in [1.54, 1.807) is 15.4 Å². The van der Waals surface area contributed by atoms with E-state index in [9.17, 15) is 9.18 Å². The van der Waals surface area contributed by atoms with Crippen LogP contribution in [-0.4, -0.2) is 25.5 Å². The summed E-state index contributed by atoms with van der Waals surface area (Å²) in [6.45, 7) is 6.48. The third-order valence-corrected chi connectivity index (χ3v) is 5.57. The lowest BCUT2D eigenvalue weighted by molar-refractivity contribution is -0.116. The zero-order valence-corrected chi connectivity index (χ0v) is 18.1. The van der Waals surface area contributed by atoms with Gasteiger partial charge in [-0.05, 0) is 54.4 Å². The van der Waals surface area contributed by atoms with Crippen LogP contribution in [0.25, 0.3) is 0 Å². The molecule has 0 aliphatic carbocycles. The van der Waals surface area contributed by atoms with E-state index in [-0.39, 0.29) is 11.7 Å². The third-order valence-electron chi connectivity index (χ3n) is 4.44. The molecular weight excluding hydrogens is 449 g/mol. The summed E-state index contributed by atoms with van der Waals surface area (Å²) in [6, 6.07) is 4.28. The summed E-state index contributed by atoms with van der Waals surface area (Å²) in [5.74, 6) is -0.496. The summed E-state index contributed by atoms with van der Waals surface area (Å²) >= 11 is 9.52. The number of aromatic nitrogens is 4. The molecule has 6 nitrogen and oxygen atoms in total. The minimum Gasteiger partial charge on any atom is -0.323 e. The van der Waals surface area contributed by atoms with Gasteiger partial charge in [-0.15, -0.1) is 0 Å². The summed E-state index contributed by atoms with van der Waals surface area (Å²) in [5.41, 5.74) is 3.84. The second-order valence-corrected chi connectivity index (χ2v) is 7.82. The number of anilines is 1. The van der Waals surface area contributed by atoms with Crippen molar-refractivity contribution in [3.05, 3.63) is 62.4 Å². The Hall–Kier alpha value is -2.19. The van der Waals surface area contributed by atoms with Crippen molar-refractivity contribution in [3.8, 4) is 0 Å². The monoisotopic (exact) mass is 467 g/mol. The Morgan fingerprint density at radius 1 is 1.25 bits per heavy atom. The fourth-order valence-corrected chi connectivity index (χ4v) is 3.41. The second-order valence-electron chi connectivity index (χ2n) is 6.56. The number of hydrogen-bond acceptors (Lipinski definition) is 3. The Kier molecular flexibility index (Phi) is 6.20. The van der Waals surface area contributed by atoms with Gasteiger partial charge in [0.15, 0.2) is 0 Å². The molecule has 0 spiro atoms. The Morgan fingerprint density at radius 2 is 2.00 bits per heavy atom. The topological polar surface area (TPSA) is 64.7 Å². The van der Waals surface area contributed by atoms with Gasteiger partial charge >= 0.3 is 0 Å². The van der Waals surface area contributed by atoms with Gasteiger partial charge in [0.2, 0.25) is 5.91 Å². The minimum atomic E-state index is -0.380. The van der Waals surface area contributed by atoms with Crippen LogP contribution in [0, 0.1) is 26.6 Å². The van der Waals surface area contributed by atoms with Crippen LogP contribution in [0.3, 0.4) is 0 Å². The van der Waals surface area contributed by atoms with Crippen LogP contribution in [0.5, 0.6) is 0 Å². The summed E-state index contributed by atoms with van der Waals surface area (Å²) in [6.07, 6.45) is 2.14. The number of carbonyl (C=O) groups excluding carboxylic acids is 1. The molecule has 3 rings (SSSR count). The highest BCUT2D eigenvalue weighted by molar-refractivity contribution is 9.10. The lowest BCUT2D eigenvalue weighted by Gasteiger charge is -2.09. The van der Waals surface area contributed by atoms with Crippen molar-refractivity contribution in [2.75, 3.05) is 5.32 Å². The number of nitrogens with zero attached hydrogens (tertiary/aromatic N) is 4. The Morgan fingerprint density at radius 3 is 2.64 bits per heavy atom. The molecule has 0 atom stereocenters. The highest BCUT2D eigenvalue weighted by Gasteiger charge is 2.15. The number of nitrogens with one attached hydrogen (secondary N) is 1. The average Bonchev–Trinajstić information content (AvgIpc) is 3.09. The van der Waals surface area contributed by atoms with E-state index < -0.39 is 0 Å². The van der Waals surface area contributed by atoms with Crippen molar-refractivity contribution in [1.82, 2.24) is 19.6 Å². The molecule has 1 N–H and O–H groups in total. The van der Waals surface area contributed by atoms with E-state index in [0.717, 1.165) is 21.4 Å². The predicted molar refractivity (Wildman–Crippen MR) is 110 cm³/mol. The molecule has 0 unspecified atom stereocenters. The molecule has 148 valence electrons. The SMILES string of the molecule is Cc1nn(CCC(=O)Nc2c(C)nn(Cc3ccc(F)cc3Cl)c2C)cc1Br. The molecule has 0 aliphatic heterocycles. The fourth-order valence-electron chi connectivity index (χ4n) is 2.87. The second kappa shape index (κ2) is 8.45. The summed E-state index contributed by atoms with van der Waals surface area (Å²) in [4.78, 5) is 12.4. The zero-order valence-electron chi connectivity index (χ0n) is 15.8. The van der Waals surface area contributed by atoms with Gasteiger partial charge in [0, 0.05) is 24.2 Å². The van der Waals surface area contributed by atoms with E-state index in [1.165, 1.54) is 12.1 Å². The first-order valence-corrected chi connectivity index (χ1v) is 9.89. The molecule has 0 radical (unpaired) electrons. The van der Waals surface area contributed by atoms with Crippen molar-refractivity contribution < 1.29 is 9.18 Å². The maximum absolute atomic E-state index is 13.2. The van der Waals surface area contributed by atoms with Crippen LogP contribution in [0.1, 0.15) is 29.1 Å². The molecule has 0 saturated carbocycles. The quantitative estimate of drug-likeness (QED) is 0.573. The normalized spacial score (nSPS) is 11.1. The molecule has 0 aliphatic rings. The first-order chi connectivity index (χ1) is 13.2. The standard InChI is InChI=1S/C19H20BrClFN5O/c1-11-16(20)10-26(24-11)7-6-18(28)23-19-12(2)25-27(13(19)3)9-14-4-5-15(22)8-17(14)21/h4-5,8,10H,6-7,9H2,1-3H3,(H,23,28). The smallest absolute Gasteiger partial charge is 0.226 e. The minimum absolute atomic E-state index is 0.116. The Balaban J connectivity index is 1.68. The molecule has 2 aromatic heterocycles. The van der Waals surface area contributed by atoms with Gasteiger partial charge in [-0.1, -0.05) is 17.7 Å². The van der Waals surface area contributed by atoms with Gasteiger partial charge in [0.1, 0.15) is 5.82 Å². The summed E-state index contributed by atoms with van der Waals surface area (Å²) < 4.78 is 17.6. The number of benzene rings is 1. The predicted octanol–water partition coefficient (Wildman–Crippen LogP) is 4.64. The van der Waals surface area contributed by atoms with Gasteiger partial charge in [-0.3, -0.25) is 14.2 Å². The van der Waals surface area contributed by atoms with Crippen LogP contribution in [0.15, 0.2) is 28.9 Å². The molecule has 0 fully saturated rings. The lowest BCUT2D eigenvalue weighted by atomic mass is 10.2. The Labute approximate surface area is 175 Å². The molecule has 2 heterocycles. The van der Waals surface area contributed by atoms with Crippen LogP contribution in [0.4, 0.5) is 10.1 Å². The number of hydrogen-bond donors (Lipinski definition) is 1. The largest absolute Gasteiger partial charge is 0.323 e. The number of aryl methyl sites for hydroxylation is 3. The first kappa shape index (κ1) is 20.5. The molecule has 9 heteroatoms. The Bertz CT molecular complexity index is 1010. The maximum atomic E-state index is 13.2. The van der Waals surface area contributed by atoms with Crippen LogP contribution in [0.2, 0.25) is 5.02 Å². The van der Waals surface area contributed by atoms with Gasteiger partial charge in [0.25, 0.3) is 0 Å². The molecular formula is C19H20BrClFN5O. The molecule has 1 aromatic carbocycles. The first-order valence-electron chi connectivity index (χ1n) is 8.72. The van der Waals surface area contributed by atoms with Gasteiger partial charge in [-0.2, -0.15) is 10.2 Å². The van der Waals surface area contributed by atoms with E-state index >= 15 is 0 Å². The average molecular weight is 469 g/mol. The van der Waals surface area contributed by atoms with E-state index in [2.05, 4.69) is 31.4 Å². The molecule has 1 amide bonds. The van der Waals surface area contributed by atoms with Gasteiger partial charge in [-0.25, -0.2) is 4.39 Å². The number of carbonyl (C=O) groups is 1. The summed E-state index contributed by atoms with van der Waals surface area (Å²) in [5, 5.41) is 12.1. The van der Waals surface area contributed by atoms with Gasteiger partial charge < -0.3 is 5.32 Å². The highest BCUT2D eigenvalue weighted by Crippen LogP contribution is 2.23. The van der Waals surface area contributed by atoms with Crippen LogP contribution in [-0.2, 0) is 17.9 Å². The van der Waals surface area contributed by atoms with Crippen molar-refractivity contribution in [3.63, 3.8) is 0 Å². The van der Waals surface area contributed by atoms with Crippen molar-refractivity contribution in [2.24, 2.45) is 0 Å². The van der Waals surface area contributed by atoms with Crippen molar-refractivity contribution in [2.45, 2.75) is 40.3 Å². The molecule has 0 saturated heterocycles. The summed E-state index contributed by atoms with van der Waals surface area (Å²) in [7, 11) is 0. The molecule has 0 bridgehead atoms. The fraction of sp³-hybridized carbons (Fsp3) is 0.316. The highest BCUT2D eigenvalue weighted by atomic mass is 79.9. The van der Waals surface area contributed by atoms with E-state index in [0.29, 0.717) is 35.9 Å². The van der Waals surface area contributed by atoms with Crippen LogP contribution >= 0.6 is 27.5 Å². The third kappa shape index (κ3) is 4.62. The lowest BCUT2D eigenvalue weighted by Crippen LogP contribution is -2.16. The number of amides is 1. The van der Waals surface area contributed by atoms with E-state index in [1.807, 2.05) is 27.0 Å². The maximum Gasteiger partial charge on any atom is 0.226 e. The van der Waals surface area contributed by atoms with E-state index in [4.69, 9.17) is 11.6 Å². The van der Waals surface area contributed by atoms with Crippen molar-refractivity contribution in [1.29, 1.82) is 0 Å². The van der Waals surface area contributed by atoms with Gasteiger partial charge in [0.05, 0.1) is 33.8 Å². The number of halogens is 3. The zero-order chi connectivity index (χ0) is 20.4.